The van der Waals surface area contributed by atoms with Gasteiger partial charge in [-0.15, -0.1) is 11.3 Å². The zero-order valence-electron chi connectivity index (χ0n) is 7.51. The molecule has 14 heavy (non-hydrogen) atoms. The van der Waals surface area contributed by atoms with Gasteiger partial charge in [0.15, 0.2) is 0 Å². The minimum atomic E-state index is 0.501. The zero-order chi connectivity index (χ0) is 9.80. The Bertz CT molecular complexity index is 400. The van der Waals surface area contributed by atoms with Crippen molar-refractivity contribution in [1.29, 1.82) is 0 Å². The highest BCUT2D eigenvalue weighted by Gasteiger charge is 1.97. The van der Waals surface area contributed by atoms with Crippen molar-refractivity contribution in [3.63, 3.8) is 0 Å². The fourth-order valence-electron chi connectivity index (χ4n) is 1.07. The molecule has 0 amide bonds. The molecule has 0 saturated heterocycles. The van der Waals surface area contributed by atoms with Gasteiger partial charge >= 0.3 is 0 Å². The number of aromatic nitrogens is 1. The first-order chi connectivity index (χ1) is 6.84. The van der Waals surface area contributed by atoms with Crippen LogP contribution in [0.3, 0.4) is 0 Å². The molecule has 0 bridgehead atoms. The average molecular weight is 206 g/mol. The summed E-state index contributed by atoms with van der Waals surface area (Å²) in [6.45, 7) is 0.501. The van der Waals surface area contributed by atoms with Gasteiger partial charge in [-0.2, -0.15) is 0 Å². The summed E-state index contributed by atoms with van der Waals surface area (Å²) in [6.07, 6.45) is 1.77. The van der Waals surface area contributed by atoms with E-state index in [1.165, 1.54) is 0 Å². The summed E-state index contributed by atoms with van der Waals surface area (Å²) in [5.74, 6) is 0.778. The van der Waals surface area contributed by atoms with Crippen molar-refractivity contribution < 1.29 is 4.74 Å². The van der Waals surface area contributed by atoms with Gasteiger partial charge in [-0.3, -0.25) is 0 Å². The molecule has 0 aliphatic rings. The van der Waals surface area contributed by atoms with Crippen LogP contribution in [0.25, 0.3) is 0 Å². The lowest BCUT2D eigenvalue weighted by Gasteiger charge is -2.03. The summed E-state index contributed by atoms with van der Waals surface area (Å²) in [5, 5.41) is 2.89. The van der Waals surface area contributed by atoms with Crippen molar-refractivity contribution in [3.8, 4) is 5.75 Å². The van der Waals surface area contributed by atoms with Gasteiger partial charge in [-0.1, -0.05) is 6.07 Å². The molecule has 0 atom stereocenters. The van der Waals surface area contributed by atoms with Gasteiger partial charge in [-0.25, -0.2) is 4.98 Å². The van der Waals surface area contributed by atoms with E-state index in [4.69, 9.17) is 10.5 Å². The van der Waals surface area contributed by atoms with Crippen LogP contribution >= 0.6 is 11.3 Å². The monoisotopic (exact) mass is 206 g/mol. The number of nitrogens with zero attached hydrogens (tertiary/aromatic N) is 1. The number of rotatable bonds is 3. The third-order valence-corrected chi connectivity index (χ3v) is 2.46. The van der Waals surface area contributed by atoms with Crippen LogP contribution < -0.4 is 10.5 Å². The predicted octanol–water partition coefficient (Wildman–Crippen LogP) is 2.30. The van der Waals surface area contributed by atoms with Gasteiger partial charge in [0, 0.05) is 23.3 Å². The Morgan fingerprint density at radius 3 is 3.07 bits per heavy atom. The fraction of sp³-hybridized carbons (Fsp3) is 0.100. The molecule has 1 aromatic heterocycles. The molecule has 0 radical (unpaired) electrons. The Balaban J connectivity index is 1.98. The molecule has 0 spiro atoms. The number of hydrogen-bond donors (Lipinski definition) is 1. The molecule has 4 heteroatoms. The Kier molecular flexibility index (Phi) is 2.65. The average Bonchev–Trinajstić information content (AvgIpc) is 2.67. The number of hydrogen-bond acceptors (Lipinski definition) is 4. The van der Waals surface area contributed by atoms with Crippen LogP contribution in [0.2, 0.25) is 0 Å². The van der Waals surface area contributed by atoms with Gasteiger partial charge in [-0.05, 0) is 12.1 Å². The van der Waals surface area contributed by atoms with Crippen LogP contribution in [0.1, 0.15) is 5.01 Å². The summed E-state index contributed by atoms with van der Waals surface area (Å²) >= 11 is 1.58. The van der Waals surface area contributed by atoms with E-state index in [0.29, 0.717) is 12.3 Å². The van der Waals surface area contributed by atoms with Crippen molar-refractivity contribution >= 4 is 17.0 Å². The molecule has 0 aliphatic carbocycles. The van der Waals surface area contributed by atoms with E-state index in [0.717, 1.165) is 10.8 Å². The summed E-state index contributed by atoms with van der Waals surface area (Å²) in [6, 6.07) is 7.38. The van der Waals surface area contributed by atoms with Crippen LogP contribution in [0.5, 0.6) is 5.75 Å². The van der Waals surface area contributed by atoms with E-state index in [9.17, 15) is 0 Å². The lowest BCUT2D eigenvalue weighted by Crippen LogP contribution is -1.95. The number of benzene rings is 1. The van der Waals surface area contributed by atoms with Crippen molar-refractivity contribution in [2.24, 2.45) is 0 Å². The molecule has 2 rings (SSSR count). The smallest absolute Gasteiger partial charge is 0.140 e. The van der Waals surface area contributed by atoms with Crippen molar-refractivity contribution in [2.45, 2.75) is 6.61 Å². The Morgan fingerprint density at radius 1 is 1.43 bits per heavy atom. The number of ether oxygens (including phenoxy) is 1. The second-order valence-electron chi connectivity index (χ2n) is 2.79. The minimum absolute atomic E-state index is 0.501. The van der Waals surface area contributed by atoms with E-state index >= 15 is 0 Å². The highest BCUT2D eigenvalue weighted by Crippen LogP contribution is 2.16. The van der Waals surface area contributed by atoms with E-state index in [1.807, 2.05) is 23.6 Å². The molecule has 72 valence electrons. The van der Waals surface area contributed by atoms with Crippen LogP contribution in [-0.2, 0) is 6.61 Å². The van der Waals surface area contributed by atoms with E-state index < -0.39 is 0 Å². The largest absolute Gasteiger partial charge is 0.486 e. The van der Waals surface area contributed by atoms with Crippen LogP contribution in [0, 0.1) is 0 Å². The fourth-order valence-corrected chi connectivity index (χ4v) is 1.60. The Hall–Kier alpha value is -1.55. The number of thiazole rings is 1. The Morgan fingerprint density at radius 2 is 2.36 bits per heavy atom. The van der Waals surface area contributed by atoms with E-state index in [-0.39, 0.29) is 0 Å². The molecule has 2 aromatic rings. The predicted molar refractivity (Wildman–Crippen MR) is 57.3 cm³/mol. The Labute approximate surface area is 86.2 Å². The molecule has 1 aromatic carbocycles. The summed E-state index contributed by atoms with van der Waals surface area (Å²) in [4.78, 5) is 4.12. The van der Waals surface area contributed by atoms with Crippen molar-refractivity contribution in [1.82, 2.24) is 4.98 Å². The van der Waals surface area contributed by atoms with Gasteiger partial charge < -0.3 is 10.5 Å². The number of anilines is 1. The topological polar surface area (TPSA) is 48.1 Å². The number of nitrogens with two attached hydrogens (primary N) is 1. The van der Waals surface area contributed by atoms with Crippen LogP contribution in [-0.4, -0.2) is 4.98 Å². The first-order valence-corrected chi connectivity index (χ1v) is 5.09. The van der Waals surface area contributed by atoms with E-state index in [1.54, 1.807) is 23.6 Å². The summed E-state index contributed by atoms with van der Waals surface area (Å²) in [5.41, 5.74) is 6.32. The molecule has 0 unspecified atom stereocenters. The van der Waals surface area contributed by atoms with Crippen molar-refractivity contribution in [2.75, 3.05) is 5.73 Å². The summed E-state index contributed by atoms with van der Waals surface area (Å²) < 4.78 is 5.50. The van der Waals surface area contributed by atoms with Gasteiger partial charge in [0.05, 0.1) is 0 Å². The third-order valence-electron chi connectivity index (χ3n) is 1.70. The first-order valence-electron chi connectivity index (χ1n) is 4.21. The summed E-state index contributed by atoms with van der Waals surface area (Å²) in [7, 11) is 0. The maximum atomic E-state index is 5.61. The highest BCUT2D eigenvalue weighted by molar-refractivity contribution is 7.09. The molecule has 0 aliphatic heterocycles. The normalized spacial score (nSPS) is 10.0. The van der Waals surface area contributed by atoms with Gasteiger partial charge in [0.25, 0.3) is 0 Å². The SMILES string of the molecule is Nc1cccc(OCc2nccs2)c1. The van der Waals surface area contributed by atoms with Gasteiger partial charge in [0.2, 0.25) is 0 Å². The first kappa shape index (κ1) is 9.02. The third kappa shape index (κ3) is 2.23. The van der Waals surface area contributed by atoms with E-state index in [2.05, 4.69) is 4.98 Å². The molecule has 1 heterocycles. The highest BCUT2D eigenvalue weighted by atomic mass is 32.1. The lowest BCUT2D eigenvalue weighted by atomic mass is 10.3. The molecule has 0 fully saturated rings. The van der Waals surface area contributed by atoms with Crippen LogP contribution in [0.4, 0.5) is 5.69 Å². The maximum absolute atomic E-state index is 5.61. The number of nitrogen functional groups attached to an aromatic ring is 1. The molecule has 2 N–H and O–H groups in total. The lowest BCUT2D eigenvalue weighted by molar-refractivity contribution is 0.306. The quantitative estimate of drug-likeness (QED) is 0.784. The van der Waals surface area contributed by atoms with Crippen molar-refractivity contribution in [3.05, 3.63) is 40.8 Å². The molecule has 0 saturated carbocycles. The standard InChI is InChI=1S/C10H10N2OS/c11-8-2-1-3-9(6-8)13-7-10-12-4-5-14-10/h1-6H,7,11H2. The van der Waals surface area contributed by atoms with Gasteiger partial charge in [0.1, 0.15) is 17.4 Å². The molecule has 3 nitrogen and oxygen atoms in total. The minimum Gasteiger partial charge on any atom is -0.486 e. The zero-order valence-corrected chi connectivity index (χ0v) is 8.33. The second-order valence-corrected chi connectivity index (χ2v) is 3.77. The molecular formula is C10H10N2OS. The molecular weight excluding hydrogens is 196 g/mol. The van der Waals surface area contributed by atoms with Crippen LogP contribution in [0.15, 0.2) is 35.8 Å². The second kappa shape index (κ2) is 4.11. The maximum Gasteiger partial charge on any atom is 0.140 e.